The lowest BCUT2D eigenvalue weighted by Crippen LogP contribution is -2.49. The van der Waals surface area contributed by atoms with Crippen molar-refractivity contribution in [3.8, 4) is 0 Å². The highest BCUT2D eigenvalue weighted by atomic mass is 35.5. The highest BCUT2D eigenvalue weighted by Crippen LogP contribution is 2.24. The number of hydrogen-bond donors (Lipinski definition) is 1. The molecule has 2 aromatic rings. The Labute approximate surface area is 176 Å². The molecule has 1 N–H and O–H groups in total. The van der Waals surface area contributed by atoms with Crippen LogP contribution in [-0.2, 0) is 22.6 Å². The fraction of sp³-hybridized carbons (Fsp3) is 0.364. The molecule has 2 rings (SSSR count). The molecule has 0 fully saturated rings. The minimum absolute atomic E-state index is 0.00558. The smallest absolute Gasteiger partial charge is 0.242 e. The zero-order chi connectivity index (χ0) is 20.8. The standard InChI is InChI=1S/C22H26Cl2N2O2/c1-14(2)25-22(28)16(4)26(13-18-9-10-19(23)20(24)11-18)21(27)12-17-7-5-15(3)6-8-17/h5-11,14,16H,12-13H2,1-4H3,(H,25,28)/t16-/m1/s1. The lowest BCUT2D eigenvalue weighted by atomic mass is 10.1. The summed E-state index contributed by atoms with van der Waals surface area (Å²) in [5, 5.41) is 3.75. The lowest BCUT2D eigenvalue weighted by Gasteiger charge is -2.29. The molecule has 0 saturated carbocycles. The van der Waals surface area contributed by atoms with Crippen LogP contribution in [0.4, 0.5) is 0 Å². The Morgan fingerprint density at radius 1 is 0.964 bits per heavy atom. The van der Waals surface area contributed by atoms with Crippen molar-refractivity contribution in [3.05, 3.63) is 69.2 Å². The van der Waals surface area contributed by atoms with Crippen molar-refractivity contribution in [3.63, 3.8) is 0 Å². The van der Waals surface area contributed by atoms with Crippen molar-refractivity contribution >= 4 is 35.0 Å². The van der Waals surface area contributed by atoms with E-state index in [1.165, 1.54) is 0 Å². The summed E-state index contributed by atoms with van der Waals surface area (Å²) in [5.74, 6) is -0.311. The molecule has 2 aromatic carbocycles. The first-order valence-corrected chi connectivity index (χ1v) is 10.0. The largest absolute Gasteiger partial charge is 0.352 e. The molecule has 6 heteroatoms. The van der Waals surface area contributed by atoms with Crippen LogP contribution < -0.4 is 5.32 Å². The predicted octanol–water partition coefficient (Wildman–Crippen LogP) is 4.79. The molecule has 0 saturated heterocycles. The van der Waals surface area contributed by atoms with E-state index in [1.54, 1.807) is 24.0 Å². The number of aryl methyl sites for hydroxylation is 1. The van der Waals surface area contributed by atoms with Gasteiger partial charge in [-0.25, -0.2) is 0 Å². The number of benzene rings is 2. The number of nitrogens with one attached hydrogen (secondary N) is 1. The van der Waals surface area contributed by atoms with Crippen LogP contribution in [0.15, 0.2) is 42.5 Å². The summed E-state index contributed by atoms with van der Waals surface area (Å²) >= 11 is 12.1. The molecular formula is C22H26Cl2N2O2. The molecule has 0 aliphatic carbocycles. The van der Waals surface area contributed by atoms with E-state index in [-0.39, 0.29) is 30.8 Å². The molecule has 4 nitrogen and oxygen atoms in total. The third-order valence-electron chi connectivity index (χ3n) is 4.41. The van der Waals surface area contributed by atoms with E-state index < -0.39 is 6.04 Å². The van der Waals surface area contributed by atoms with Crippen LogP contribution in [-0.4, -0.2) is 28.8 Å². The molecule has 0 aliphatic heterocycles. The second-order valence-electron chi connectivity index (χ2n) is 7.27. The number of nitrogens with zero attached hydrogens (tertiary/aromatic N) is 1. The zero-order valence-corrected chi connectivity index (χ0v) is 18.1. The average molecular weight is 421 g/mol. The summed E-state index contributed by atoms with van der Waals surface area (Å²) in [4.78, 5) is 27.2. The van der Waals surface area contributed by atoms with Crippen LogP contribution in [0.3, 0.4) is 0 Å². The number of carbonyl (C=O) groups excluding carboxylic acids is 2. The van der Waals surface area contributed by atoms with Crippen molar-refractivity contribution in [2.45, 2.75) is 52.7 Å². The molecule has 0 bridgehead atoms. The fourth-order valence-electron chi connectivity index (χ4n) is 2.80. The summed E-state index contributed by atoms with van der Waals surface area (Å²) in [7, 11) is 0. The molecule has 0 aliphatic rings. The Morgan fingerprint density at radius 2 is 1.57 bits per heavy atom. The number of carbonyl (C=O) groups is 2. The first-order valence-electron chi connectivity index (χ1n) is 9.26. The van der Waals surface area contributed by atoms with Gasteiger partial charge < -0.3 is 10.2 Å². The average Bonchev–Trinajstić information content (AvgIpc) is 2.63. The predicted molar refractivity (Wildman–Crippen MR) is 115 cm³/mol. The second-order valence-corrected chi connectivity index (χ2v) is 8.09. The van der Waals surface area contributed by atoms with Gasteiger partial charge in [0.1, 0.15) is 6.04 Å². The number of amides is 2. The zero-order valence-electron chi connectivity index (χ0n) is 16.6. The van der Waals surface area contributed by atoms with Gasteiger partial charge in [-0.2, -0.15) is 0 Å². The molecule has 0 heterocycles. The Morgan fingerprint density at radius 3 is 2.14 bits per heavy atom. The highest BCUT2D eigenvalue weighted by Gasteiger charge is 2.26. The van der Waals surface area contributed by atoms with Crippen molar-refractivity contribution < 1.29 is 9.59 Å². The third kappa shape index (κ3) is 6.25. The van der Waals surface area contributed by atoms with E-state index >= 15 is 0 Å². The number of hydrogen-bond acceptors (Lipinski definition) is 2. The maximum Gasteiger partial charge on any atom is 0.242 e. The van der Waals surface area contributed by atoms with Gasteiger partial charge in [-0.05, 0) is 51.0 Å². The quantitative estimate of drug-likeness (QED) is 0.699. The normalized spacial score (nSPS) is 12.0. The van der Waals surface area contributed by atoms with Gasteiger partial charge in [0.2, 0.25) is 11.8 Å². The van der Waals surface area contributed by atoms with Gasteiger partial charge in [0.05, 0.1) is 16.5 Å². The van der Waals surface area contributed by atoms with Crippen LogP contribution in [0.25, 0.3) is 0 Å². The Hall–Kier alpha value is -2.04. The van der Waals surface area contributed by atoms with Gasteiger partial charge in [-0.3, -0.25) is 9.59 Å². The minimum atomic E-state index is -0.616. The second kappa shape index (κ2) is 9.94. The summed E-state index contributed by atoms with van der Waals surface area (Å²) in [6.45, 7) is 7.79. The molecule has 0 unspecified atom stereocenters. The maximum absolute atomic E-state index is 13.1. The molecular weight excluding hydrogens is 395 g/mol. The van der Waals surface area contributed by atoms with Gasteiger partial charge >= 0.3 is 0 Å². The summed E-state index contributed by atoms with van der Waals surface area (Å²) in [6, 6.07) is 12.4. The molecule has 0 aromatic heterocycles. The minimum Gasteiger partial charge on any atom is -0.352 e. The van der Waals surface area contributed by atoms with E-state index in [0.717, 1.165) is 16.7 Å². The molecule has 0 spiro atoms. The maximum atomic E-state index is 13.1. The van der Waals surface area contributed by atoms with E-state index in [1.807, 2.05) is 51.1 Å². The summed E-state index contributed by atoms with van der Waals surface area (Å²) in [5.41, 5.74) is 2.86. The molecule has 0 radical (unpaired) electrons. The molecule has 28 heavy (non-hydrogen) atoms. The van der Waals surface area contributed by atoms with Gasteiger partial charge in [-0.1, -0.05) is 59.1 Å². The van der Waals surface area contributed by atoms with Gasteiger partial charge in [0, 0.05) is 12.6 Å². The van der Waals surface area contributed by atoms with E-state index in [9.17, 15) is 9.59 Å². The van der Waals surface area contributed by atoms with Gasteiger partial charge in [-0.15, -0.1) is 0 Å². The Balaban J connectivity index is 2.25. The Kier molecular flexibility index (Phi) is 7.90. The van der Waals surface area contributed by atoms with E-state index in [0.29, 0.717) is 10.0 Å². The van der Waals surface area contributed by atoms with Crippen molar-refractivity contribution in [2.24, 2.45) is 0 Å². The van der Waals surface area contributed by atoms with Crippen LogP contribution in [0.5, 0.6) is 0 Å². The fourth-order valence-corrected chi connectivity index (χ4v) is 3.13. The van der Waals surface area contributed by atoms with E-state index in [2.05, 4.69) is 5.32 Å². The van der Waals surface area contributed by atoms with Crippen molar-refractivity contribution in [1.82, 2.24) is 10.2 Å². The van der Waals surface area contributed by atoms with Gasteiger partial charge in [0.15, 0.2) is 0 Å². The highest BCUT2D eigenvalue weighted by molar-refractivity contribution is 6.42. The number of rotatable bonds is 7. The number of halogens is 2. The van der Waals surface area contributed by atoms with Crippen molar-refractivity contribution in [1.29, 1.82) is 0 Å². The SMILES string of the molecule is Cc1ccc(CC(=O)N(Cc2ccc(Cl)c(Cl)c2)[C@H](C)C(=O)NC(C)C)cc1. The van der Waals surface area contributed by atoms with Gasteiger partial charge in [0.25, 0.3) is 0 Å². The monoisotopic (exact) mass is 420 g/mol. The summed E-state index contributed by atoms with van der Waals surface area (Å²) in [6.07, 6.45) is 0.223. The Bertz CT molecular complexity index is 835. The molecule has 2 amide bonds. The van der Waals surface area contributed by atoms with Crippen LogP contribution in [0.2, 0.25) is 10.0 Å². The van der Waals surface area contributed by atoms with Crippen LogP contribution >= 0.6 is 23.2 Å². The topological polar surface area (TPSA) is 49.4 Å². The summed E-state index contributed by atoms with van der Waals surface area (Å²) < 4.78 is 0. The molecule has 1 atom stereocenters. The van der Waals surface area contributed by atoms with Crippen LogP contribution in [0, 0.1) is 6.92 Å². The first-order chi connectivity index (χ1) is 13.2. The lowest BCUT2D eigenvalue weighted by molar-refractivity contribution is -0.140. The first kappa shape index (κ1) is 22.3. The molecule has 150 valence electrons. The van der Waals surface area contributed by atoms with E-state index in [4.69, 9.17) is 23.2 Å². The third-order valence-corrected chi connectivity index (χ3v) is 5.15. The van der Waals surface area contributed by atoms with Crippen LogP contribution in [0.1, 0.15) is 37.5 Å². The van der Waals surface area contributed by atoms with Crippen molar-refractivity contribution in [2.75, 3.05) is 0 Å².